The van der Waals surface area contributed by atoms with Crippen LogP contribution in [0.3, 0.4) is 0 Å². The molecule has 3 aromatic rings. The van der Waals surface area contributed by atoms with Gasteiger partial charge in [-0.3, -0.25) is 0 Å². The molecule has 0 aliphatic rings. The Hall–Kier alpha value is -1.33. The Morgan fingerprint density at radius 2 is 2.00 bits per heavy atom. The Balaban J connectivity index is 1.80. The number of rotatable bonds is 5. The molecule has 22 heavy (non-hydrogen) atoms. The highest BCUT2D eigenvalue weighted by molar-refractivity contribution is 7.07. The van der Waals surface area contributed by atoms with E-state index in [0.717, 1.165) is 23.5 Å². The highest BCUT2D eigenvalue weighted by Crippen LogP contribution is 2.27. The number of nitrogens with one attached hydrogen (secondary N) is 1. The van der Waals surface area contributed by atoms with E-state index in [4.69, 9.17) is 23.2 Å². The zero-order valence-electron chi connectivity index (χ0n) is 12.0. The fraction of sp³-hybridized carbons (Fsp3) is 0.188. The number of hydrogen-bond donors (Lipinski definition) is 1. The first kappa shape index (κ1) is 15.6. The van der Waals surface area contributed by atoms with Crippen LogP contribution in [0.1, 0.15) is 16.8 Å². The van der Waals surface area contributed by atoms with Crippen LogP contribution in [0.15, 0.2) is 41.1 Å². The van der Waals surface area contributed by atoms with Crippen molar-refractivity contribution in [1.29, 1.82) is 0 Å². The lowest BCUT2D eigenvalue weighted by Crippen LogP contribution is -2.12. The Morgan fingerprint density at radius 3 is 2.73 bits per heavy atom. The van der Waals surface area contributed by atoms with Crippen LogP contribution >= 0.6 is 34.5 Å². The molecule has 3 rings (SSSR count). The molecule has 2 heterocycles. The molecule has 0 aliphatic carbocycles. The van der Waals surface area contributed by atoms with Gasteiger partial charge in [0.15, 0.2) is 0 Å². The van der Waals surface area contributed by atoms with Gasteiger partial charge in [-0.2, -0.15) is 16.4 Å². The maximum Gasteiger partial charge on any atom is 0.137 e. The molecule has 0 bridgehead atoms. The molecule has 0 aliphatic heterocycles. The fourth-order valence-corrected chi connectivity index (χ4v) is 3.46. The first-order valence-corrected chi connectivity index (χ1v) is 8.57. The molecular weight excluding hydrogens is 337 g/mol. The van der Waals surface area contributed by atoms with Crippen LogP contribution in [-0.2, 0) is 13.1 Å². The number of hydrogen-bond acceptors (Lipinski definition) is 3. The number of halogens is 2. The molecule has 0 saturated heterocycles. The van der Waals surface area contributed by atoms with E-state index in [2.05, 4.69) is 27.2 Å². The summed E-state index contributed by atoms with van der Waals surface area (Å²) in [4.78, 5) is 0. The molecular formula is C16H15Cl2N3S. The second-order valence-corrected chi connectivity index (χ2v) is 6.50. The van der Waals surface area contributed by atoms with E-state index in [1.54, 1.807) is 16.0 Å². The van der Waals surface area contributed by atoms with Crippen LogP contribution in [0.25, 0.3) is 5.69 Å². The van der Waals surface area contributed by atoms with Crippen molar-refractivity contribution in [3.05, 3.63) is 68.1 Å². The molecule has 0 amide bonds. The standard InChI is InChI=1S/C16H15Cl2N3S/c1-11-13(9-19-8-12-6-7-22-10-12)16(18)21(20-11)15-5-3-2-4-14(15)17/h2-7,10,19H,8-9H2,1H3. The largest absolute Gasteiger partial charge is 0.308 e. The van der Waals surface area contributed by atoms with Crippen LogP contribution in [0.2, 0.25) is 10.2 Å². The summed E-state index contributed by atoms with van der Waals surface area (Å²) in [5, 5.41) is 13.4. The van der Waals surface area contributed by atoms with Crippen molar-refractivity contribution in [1.82, 2.24) is 15.1 Å². The van der Waals surface area contributed by atoms with Crippen molar-refractivity contribution in [2.75, 3.05) is 0 Å². The topological polar surface area (TPSA) is 29.9 Å². The van der Waals surface area contributed by atoms with Crippen molar-refractivity contribution in [3.8, 4) is 5.69 Å². The van der Waals surface area contributed by atoms with Gasteiger partial charge in [-0.1, -0.05) is 35.3 Å². The van der Waals surface area contributed by atoms with Crippen LogP contribution in [-0.4, -0.2) is 9.78 Å². The summed E-state index contributed by atoms with van der Waals surface area (Å²) in [6.07, 6.45) is 0. The monoisotopic (exact) mass is 351 g/mol. The van der Waals surface area contributed by atoms with E-state index in [1.165, 1.54) is 5.56 Å². The predicted molar refractivity (Wildman–Crippen MR) is 93.2 cm³/mol. The molecule has 0 fully saturated rings. The maximum atomic E-state index is 6.50. The average molecular weight is 352 g/mol. The first-order chi connectivity index (χ1) is 10.7. The SMILES string of the molecule is Cc1nn(-c2ccccc2Cl)c(Cl)c1CNCc1ccsc1. The van der Waals surface area contributed by atoms with Crippen LogP contribution < -0.4 is 5.32 Å². The van der Waals surface area contributed by atoms with Crippen LogP contribution in [0.4, 0.5) is 0 Å². The molecule has 0 atom stereocenters. The Bertz CT molecular complexity index is 766. The van der Waals surface area contributed by atoms with Gasteiger partial charge in [0, 0.05) is 18.7 Å². The molecule has 0 radical (unpaired) electrons. The van der Waals surface area contributed by atoms with E-state index in [0.29, 0.717) is 16.7 Å². The lowest BCUT2D eigenvalue weighted by Gasteiger charge is -2.06. The molecule has 0 spiro atoms. The predicted octanol–water partition coefficient (Wildman–Crippen LogP) is 4.84. The fourth-order valence-electron chi connectivity index (χ4n) is 2.24. The second-order valence-electron chi connectivity index (χ2n) is 4.95. The lowest BCUT2D eigenvalue weighted by molar-refractivity contribution is 0.692. The Kier molecular flexibility index (Phi) is 4.84. The van der Waals surface area contributed by atoms with Crippen LogP contribution in [0, 0.1) is 6.92 Å². The molecule has 6 heteroatoms. The zero-order valence-corrected chi connectivity index (χ0v) is 14.3. The Morgan fingerprint density at radius 1 is 1.18 bits per heavy atom. The van der Waals surface area contributed by atoms with Gasteiger partial charge in [-0.25, -0.2) is 4.68 Å². The maximum absolute atomic E-state index is 6.50. The summed E-state index contributed by atoms with van der Waals surface area (Å²) in [6.45, 7) is 3.45. The molecule has 1 aromatic carbocycles. The summed E-state index contributed by atoms with van der Waals surface area (Å²) in [7, 11) is 0. The highest BCUT2D eigenvalue weighted by atomic mass is 35.5. The summed E-state index contributed by atoms with van der Waals surface area (Å²) >= 11 is 14.4. The Labute approximate surface area is 143 Å². The number of aryl methyl sites for hydroxylation is 1. The third-order valence-electron chi connectivity index (χ3n) is 3.41. The number of thiophene rings is 1. The summed E-state index contributed by atoms with van der Waals surface area (Å²) in [5.41, 5.74) is 3.97. The smallest absolute Gasteiger partial charge is 0.137 e. The number of benzene rings is 1. The van der Waals surface area contributed by atoms with E-state index >= 15 is 0 Å². The second kappa shape index (κ2) is 6.84. The van der Waals surface area contributed by atoms with E-state index < -0.39 is 0 Å². The quantitative estimate of drug-likeness (QED) is 0.712. The number of nitrogens with zero attached hydrogens (tertiary/aromatic N) is 2. The van der Waals surface area contributed by atoms with E-state index in [9.17, 15) is 0 Å². The zero-order chi connectivity index (χ0) is 15.5. The van der Waals surface area contributed by atoms with Gasteiger partial charge in [-0.15, -0.1) is 0 Å². The molecule has 0 saturated carbocycles. The molecule has 114 valence electrons. The first-order valence-electron chi connectivity index (χ1n) is 6.87. The normalized spacial score (nSPS) is 11.0. The third-order valence-corrected chi connectivity index (χ3v) is 4.85. The summed E-state index contributed by atoms with van der Waals surface area (Å²) in [5.74, 6) is 0. The molecule has 1 N–H and O–H groups in total. The van der Waals surface area contributed by atoms with Gasteiger partial charge in [0.25, 0.3) is 0 Å². The van der Waals surface area contributed by atoms with Gasteiger partial charge >= 0.3 is 0 Å². The average Bonchev–Trinajstić information content (AvgIpc) is 3.11. The summed E-state index contributed by atoms with van der Waals surface area (Å²) < 4.78 is 1.70. The van der Waals surface area contributed by atoms with E-state index in [-0.39, 0.29) is 0 Å². The van der Waals surface area contributed by atoms with Gasteiger partial charge in [0.1, 0.15) is 5.15 Å². The third kappa shape index (κ3) is 3.20. The van der Waals surface area contributed by atoms with Gasteiger partial charge in [-0.05, 0) is 41.4 Å². The minimum Gasteiger partial charge on any atom is -0.308 e. The minimum atomic E-state index is 0.600. The van der Waals surface area contributed by atoms with E-state index in [1.807, 2.05) is 31.2 Å². The lowest BCUT2D eigenvalue weighted by atomic mass is 10.2. The number of aromatic nitrogens is 2. The molecule has 2 aromatic heterocycles. The van der Waals surface area contributed by atoms with Crippen molar-refractivity contribution >= 4 is 34.5 Å². The van der Waals surface area contributed by atoms with Gasteiger partial charge in [0.05, 0.1) is 16.4 Å². The van der Waals surface area contributed by atoms with Crippen molar-refractivity contribution < 1.29 is 0 Å². The highest BCUT2D eigenvalue weighted by Gasteiger charge is 2.15. The van der Waals surface area contributed by atoms with Crippen molar-refractivity contribution in [2.24, 2.45) is 0 Å². The minimum absolute atomic E-state index is 0.600. The molecule has 3 nitrogen and oxygen atoms in total. The number of para-hydroxylation sites is 1. The van der Waals surface area contributed by atoms with Gasteiger partial charge < -0.3 is 5.32 Å². The van der Waals surface area contributed by atoms with Crippen molar-refractivity contribution in [3.63, 3.8) is 0 Å². The summed E-state index contributed by atoms with van der Waals surface area (Å²) in [6, 6.07) is 9.66. The van der Waals surface area contributed by atoms with Crippen LogP contribution in [0.5, 0.6) is 0 Å². The van der Waals surface area contributed by atoms with Crippen molar-refractivity contribution in [2.45, 2.75) is 20.0 Å². The molecule has 0 unspecified atom stereocenters. The van der Waals surface area contributed by atoms with Gasteiger partial charge in [0.2, 0.25) is 0 Å².